The molecule has 0 saturated heterocycles. The Labute approximate surface area is 149 Å². The van der Waals surface area contributed by atoms with E-state index in [0.717, 1.165) is 4.88 Å². The van der Waals surface area contributed by atoms with Crippen molar-refractivity contribution >= 4 is 28.8 Å². The highest BCUT2D eigenvalue weighted by Gasteiger charge is 2.17. The van der Waals surface area contributed by atoms with Crippen LogP contribution in [0.5, 0.6) is 11.5 Å². The van der Waals surface area contributed by atoms with E-state index in [-0.39, 0.29) is 6.54 Å². The summed E-state index contributed by atoms with van der Waals surface area (Å²) in [7, 11) is 2.97. The molecule has 2 aromatic rings. The molecule has 134 valence electrons. The number of carbonyl (C=O) groups is 2. The van der Waals surface area contributed by atoms with Crippen molar-refractivity contribution in [2.75, 3.05) is 26.1 Å². The molecule has 0 spiro atoms. The van der Waals surface area contributed by atoms with E-state index >= 15 is 0 Å². The van der Waals surface area contributed by atoms with E-state index in [4.69, 9.17) is 9.47 Å². The molecule has 0 aliphatic rings. The fraction of sp³-hybridized carbons (Fsp3) is 0.294. The maximum absolute atomic E-state index is 12.0. The van der Waals surface area contributed by atoms with Crippen LogP contribution in [0.3, 0.4) is 0 Å². The molecule has 3 N–H and O–H groups in total. The first-order valence-corrected chi connectivity index (χ1v) is 8.45. The van der Waals surface area contributed by atoms with Gasteiger partial charge in [-0.3, -0.25) is 9.59 Å². The largest absolute Gasteiger partial charge is 0.497 e. The molecule has 1 aromatic carbocycles. The number of hydrogen-bond donors (Lipinski definition) is 3. The van der Waals surface area contributed by atoms with Gasteiger partial charge in [0.05, 0.1) is 26.0 Å². The minimum absolute atomic E-state index is 0.186. The van der Waals surface area contributed by atoms with Gasteiger partial charge >= 0.3 is 11.8 Å². The number of hydrogen-bond acceptors (Lipinski definition) is 6. The smallest absolute Gasteiger partial charge is 0.313 e. The fourth-order valence-electron chi connectivity index (χ4n) is 2.11. The van der Waals surface area contributed by atoms with Crippen molar-refractivity contribution in [3.8, 4) is 11.5 Å². The Morgan fingerprint density at radius 1 is 1.20 bits per heavy atom. The van der Waals surface area contributed by atoms with Crippen LogP contribution < -0.4 is 20.1 Å². The third-order valence-corrected chi connectivity index (χ3v) is 4.41. The molecule has 1 aromatic heterocycles. The van der Waals surface area contributed by atoms with Gasteiger partial charge in [0.1, 0.15) is 11.5 Å². The molecule has 0 bridgehead atoms. The van der Waals surface area contributed by atoms with Crippen molar-refractivity contribution in [3.63, 3.8) is 0 Å². The number of anilines is 1. The van der Waals surface area contributed by atoms with Gasteiger partial charge in [0, 0.05) is 17.5 Å². The monoisotopic (exact) mass is 364 g/mol. The topological polar surface area (TPSA) is 96.9 Å². The van der Waals surface area contributed by atoms with Crippen LogP contribution in [-0.4, -0.2) is 37.7 Å². The van der Waals surface area contributed by atoms with Crippen LogP contribution in [0.25, 0.3) is 0 Å². The van der Waals surface area contributed by atoms with Crippen LogP contribution in [0.1, 0.15) is 17.4 Å². The average molecular weight is 364 g/mol. The molecule has 7 nitrogen and oxygen atoms in total. The first-order valence-electron chi connectivity index (χ1n) is 7.57. The van der Waals surface area contributed by atoms with Crippen LogP contribution in [-0.2, 0) is 9.59 Å². The van der Waals surface area contributed by atoms with Crippen molar-refractivity contribution in [3.05, 3.63) is 40.6 Å². The molecule has 1 heterocycles. The van der Waals surface area contributed by atoms with Gasteiger partial charge < -0.3 is 25.2 Å². The lowest BCUT2D eigenvalue weighted by atomic mass is 10.2. The van der Waals surface area contributed by atoms with Gasteiger partial charge in [-0.25, -0.2) is 0 Å². The Hall–Kier alpha value is -2.58. The molecule has 25 heavy (non-hydrogen) atoms. The van der Waals surface area contributed by atoms with E-state index in [1.807, 2.05) is 17.5 Å². The highest BCUT2D eigenvalue weighted by atomic mass is 32.1. The molecule has 0 fully saturated rings. The van der Waals surface area contributed by atoms with Crippen LogP contribution in [0.2, 0.25) is 0 Å². The van der Waals surface area contributed by atoms with Gasteiger partial charge in [0.25, 0.3) is 0 Å². The number of benzene rings is 1. The van der Waals surface area contributed by atoms with Crippen LogP contribution >= 0.6 is 11.3 Å². The first-order chi connectivity index (χ1) is 12.0. The number of thiophene rings is 1. The third kappa shape index (κ3) is 5.20. The number of methoxy groups -OCH3 is 2. The summed E-state index contributed by atoms with van der Waals surface area (Å²) in [5.74, 6) is -0.638. The van der Waals surface area contributed by atoms with Crippen molar-refractivity contribution in [2.45, 2.75) is 12.5 Å². The van der Waals surface area contributed by atoms with Gasteiger partial charge in [-0.1, -0.05) is 6.07 Å². The Morgan fingerprint density at radius 3 is 2.64 bits per heavy atom. The zero-order valence-electron chi connectivity index (χ0n) is 13.9. The maximum atomic E-state index is 12.0. The van der Waals surface area contributed by atoms with Crippen LogP contribution in [0, 0.1) is 0 Å². The highest BCUT2D eigenvalue weighted by molar-refractivity contribution is 7.10. The summed E-state index contributed by atoms with van der Waals surface area (Å²) >= 11 is 1.44. The van der Waals surface area contributed by atoms with E-state index in [1.165, 1.54) is 25.6 Å². The number of nitrogens with one attached hydrogen (secondary N) is 2. The summed E-state index contributed by atoms with van der Waals surface area (Å²) in [5, 5.41) is 16.8. The Morgan fingerprint density at radius 2 is 2.00 bits per heavy atom. The lowest BCUT2D eigenvalue weighted by Crippen LogP contribution is -2.36. The van der Waals surface area contributed by atoms with Crippen molar-refractivity contribution in [1.82, 2.24) is 5.32 Å². The van der Waals surface area contributed by atoms with E-state index < -0.39 is 17.9 Å². The van der Waals surface area contributed by atoms with Gasteiger partial charge in [0.15, 0.2) is 0 Å². The molecule has 2 rings (SSSR count). The van der Waals surface area contributed by atoms with Gasteiger partial charge in [-0.15, -0.1) is 11.3 Å². The molecule has 0 saturated carbocycles. The van der Waals surface area contributed by atoms with Crippen LogP contribution in [0.4, 0.5) is 5.69 Å². The number of rotatable bonds is 7. The lowest BCUT2D eigenvalue weighted by molar-refractivity contribution is -0.136. The van der Waals surface area contributed by atoms with E-state index in [1.54, 1.807) is 18.2 Å². The first kappa shape index (κ1) is 18.8. The molecule has 1 unspecified atom stereocenters. The summed E-state index contributed by atoms with van der Waals surface area (Å²) in [6.07, 6.45) is -0.337. The lowest BCUT2D eigenvalue weighted by Gasteiger charge is -2.12. The average Bonchev–Trinajstić information content (AvgIpc) is 3.16. The van der Waals surface area contributed by atoms with Gasteiger partial charge in [-0.05, 0) is 30.0 Å². The molecule has 8 heteroatoms. The number of aliphatic hydroxyl groups excluding tert-OH is 1. The second-order valence-corrected chi connectivity index (χ2v) is 6.08. The molecule has 0 radical (unpaired) electrons. The zero-order valence-corrected chi connectivity index (χ0v) is 14.8. The number of ether oxygens (including phenoxy) is 2. The van der Waals surface area contributed by atoms with Gasteiger partial charge in [-0.2, -0.15) is 0 Å². The van der Waals surface area contributed by atoms with E-state index in [0.29, 0.717) is 23.6 Å². The summed E-state index contributed by atoms with van der Waals surface area (Å²) in [5.41, 5.74) is 0.363. The zero-order chi connectivity index (χ0) is 18.2. The predicted octanol–water partition coefficient (Wildman–Crippen LogP) is 1.94. The quantitative estimate of drug-likeness (QED) is 0.653. The minimum atomic E-state index is -0.811. The molecular formula is C17H20N2O5S. The molecule has 1 atom stereocenters. The van der Waals surface area contributed by atoms with Crippen molar-refractivity contribution in [2.24, 2.45) is 0 Å². The summed E-state index contributed by atoms with van der Waals surface area (Å²) in [6, 6.07) is 8.50. The second-order valence-electron chi connectivity index (χ2n) is 5.10. The second kappa shape index (κ2) is 9.05. The maximum Gasteiger partial charge on any atom is 0.313 e. The Kier molecular flexibility index (Phi) is 6.79. The molecule has 2 amide bonds. The molecular weight excluding hydrogens is 344 g/mol. The van der Waals surface area contributed by atoms with E-state index in [2.05, 4.69) is 10.6 Å². The summed E-state index contributed by atoms with van der Waals surface area (Å²) in [4.78, 5) is 24.7. The normalized spacial score (nSPS) is 11.5. The minimum Gasteiger partial charge on any atom is -0.497 e. The highest BCUT2D eigenvalue weighted by Crippen LogP contribution is 2.28. The summed E-state index contributed by atoms with van der Waals surface area (Å²) in [6.45, 7) is 0.186. The standard InChI is InChI=1S/C17H20N2O5S/c1-23-11-5-6-12(14(10-11)24-2)19-17(22)16(21)18-8-7-13(20)15-4-3-9-25-15/h3-6,9-10,13,20H,7-8H2,1-2H3,(H,18,21)(H,19,22). The number of carbonyl (C=O) groups excluding carboxylic acids is 2. The number of amides is 2. The molecule has 0 aliphatic carbocycles. The Balaban J connectivity index is 1.85. The predicted molar refractivity (Wildman–Crippen MR) is 95.1 cm³/mol. The summed E-state index contributed by atoms with van der Waals surface area (Å²) < 4.78 is 10.2. The fourth-order valence-corrected chi connectivity index (χ4v) is 2.85. The third-order valence-electron chi connectivity index (χ3n) is 3.44. The van der Waals surface area contributed by atoms with Crippen molar-refractivity contribution in [1.29, 1.82) is 0 Å². The SMILES string of the molecule is COc1ccc(NC(=O)C(=O)NCCC(O)c2cccs2)c(OC)c1. The van der Waals surface area contributed by atoms with Crippen molar-refractivity contribution < 1.29 is 24.2 Å². The Bertz CT molecular complexity index is 718. The molecule has 0 aliphatic heterocycles. The van der Waals surface area contributed by atoms with Gasteiger partial charge in [0.2, 0.25) is 0 Å². The number of aliphatic hydroxyl groups is 1. The van der Waals surface area contributed by atoms with E-state index in [9.17, 15) is 14.7 Å². The van der Waals surface area contributed by atoms with Crippen LogP contribution in [0.15, 0.2) is 35.7 Å².